The second-order valence-corrected chi connectivity index (χ2v) is 5.70. The van der Waals surface area contributed by atoms with Crippen LogP contribution in [0.3, 0.4) is 0 Å². The molecule has 16 heavy (non-hydrogen) atoms. The molecule has 0 aliphatic rings. The molecule has 0 aliphatic heterocycles. The average molecular weight is 244 g/mol. The van der Waals surface area contributed by atoms with E-state index in [9.17, 15) is 8.42 Å². The Kier molecular flexibility index (Phi) is 4.76. The molecule has 1 aromatic carbocycles. The second-order valence-electron chi connectivity index (χ2n) is 3.52. The maximum atomic E-state index is 11.6. The molecule has 0 amide bonds. The summed E-state index contributed by atoms with van der Waals surface area (Å²) >= 11 is 0. The van der Waals surface area contributed by atoms with Crippen molar-refractivity contribution < 1.29 is 18.3 Å². The lowest BCUT2D eigenvalue weighted by Crippen LogP contribution is -2.10. The highest BCUT2D eigenvalue weighted by Gasteiger charge is 2.11. The zero-order valence-electron chi connectivity index (χ0n) is 9.22. The van der Waals surface area contributed by atoms with Crippen molar-refractivity contribution in [2.45, 2.75) is 12.2 Å². The molecule has 4 nitrogen and oxygen atoms in total. The van der Waals surface area contributed by atoms with E-state index in [1.807, 2.05) is 0 Å². The number of methoxy groups -OCH3 is 1. The van der Waals surface area contributed by atoms with E-state index in [4.69, 9.17) is 9.84 Å². The third-order valence-corrected chi connectivity index (χ3v) is 3.84. The second kappa shape index (κ2) is 5.86. The fourth-order valence-electron chi connectivity index (χ4n) is 1.33. The number of benzene rings is 1. The summed E-state index contributed by atoms with van der Waals surface area (Å²) in [6.45, 7) is -0.0954. The van der Waals surface area contributed by atoms with Crippen molar-refractivity contribution in [2.75, 3.05) is 19.5 Å². The van der Waals surface area contributed by atoms with Gasteiger partial charge in [-0.05, 0) is 24.1 Å². The van der Waals surface area contributed by atoms with Crippen molar-refractivity contribution in [3.05, 3.63) is 29.8 Å². The topological polar surface area (TPSA) is 63.6 Å². The monoisotopic (exact) mass is 244 g/mol. The normalized spacial score (nSPS) is 11.4. The van der Waals surface area contributed by atoms with Gasteiger partial charge in [0, 0.05) is 6.61 Å². The molecule has 1 N–H and O–H groups in total. The Hall–Kier alpha value is -1.07. The van der Waals surface area contributed by atoms with Gasteiger partial charge in [-0.1, -0.05) is 12.1 Å². The molecule has 0 aliphatic carbocycles. The van der Waals surface area contributed by atoms with Gasteiger partial charge in [0.05, 0.1) is 18.6 Å². The van der Waals surface area contributed by atoms with Gasteiger partial charge in [0.25, 0.3) is 0 Å². The Labute approximate surface area is 95.8 Å². The number of hydrogen-bond acceptors (Lipinski definition) is 4. The smallest absolute Gasteiger partial charge is 0.154 e. The molecule has 0 heterocycles. The third kappa shape index (κ3) is 4.20. The Balaban J connectivity index is 2.65. The van der Waals surface area contributed by atoms with Crippen LogP contribution in [0.15, 0.2) is 24.3 Å². The van der Waals surface area contributed by atoms with Crippen LogP contribution in [-0.4, -0.2) is 33.0 Å². The molecule has 5 heteroatoms. The molecule has 0 spiro atoms. The van der Waals surface area contributed by atoms with Crippen LogP contribution in [0, 0.1) is 0 Å². The highest BCUT2D eigenvalue weighted by molar-refractivity contribution is 7.90. The van der Waals surface area contributed by atoms with Crippen LogP contribution in [0.2, 0.25) is 0 Å². The van der Waals surface area contributed by atoms with Crippen LogP contribution in [0.5, 0.6) is 5.75 Å². The first kappa shape index (κ1) is 13.0. The van der Waals surface area contributed by atoms with Gasteiger partial charge in [-0.3, -0.25) is 0 Å². The Morgan fingerprint density at radius 1 is 1.25 bits per heavy atom. The minimum Gasteiger partial charge on any atom is -0.497 e. The fraction of sp³-hybridized carbons (Fsp3) is 0.455. The van der Waals surface area contributed by atoms with Crippen molar-refractivity contribution in [1.29, 1.82) is 0 Å². The summed E-state index contributed by atoms with van der Waals surface area (Å²) in [5.74, 6) is 0.739. The SMILES string of the molecule is COc1ccc(CS(=O)(=O)CCCO)cc1. The van der Waals surface area contributed by atoms with Gasteiger partial charge in [-0.2, -0.15) is 0 Å². The Morgan fingerprint density at radius 3 is 2.38 bits per heavy atom. The van der Waals surface area contributed by atoms with Crippen LogP contribution in [0.1, 0.15) is 12.0 Å². The molecule has 0 saturated carbocycles. The van der Waals surface area contributed by atoms with Crippen molar-refractivity contribution in [3.63, 3.8) is 0 Å². The Bertz CT molecular complexity index is 408. The molecule has 0 fully saturated rings. The first-order chi connectivity index (χ1) is 7.57. The van der Waals surface area contributed by atoms with Gasteiger partial charge in [0.2, 0.25) is 0 Å². The average Bonchev–Trinajstić information content (AvgIpc) is 2.27. The quantitative estimate of drug-likeness (QED) is 0.810. The van der Waals surface area contributed by atoms with Crippen LogP contribution in [0.25, 0.3) is 0 Å². The lowest BCUT2D eigenvalue weighted by molar-refractivity contribution is 0.295. The summed E-state index contributed by atoms with van der Waals surface area (Å²) < 4.78 is 28.1. The minimum atomic E-state index is -3.12. The van der Waals surface area contributed by atoms with Gasteiger partial charge in [-0.15, -0.1) is 0 Å². The van der Waals surface area contributed by atoms with Gasteiger partial charge in [-0.25, -0.2) is 8.42 Å². The van der Waals surface area contributed by atoms with E-state index < -0.39 is 9.84 Å². The van der Waals surface area contributed by atoms with E-state index in [0.717, 1.165) is 5.56 Å². The van der Waals surface area contributed by atoms with Gasteiger partial charge >= 0.3 is 0 Å². The third-order valence-electron chi connectivity index (χ3n) is 2.16. The summed E-state index contributed by atoms with van der Waals surface area (Å²) in [6, 6.07) is 6.93. The highest BCUT2D eigenvalue weighted by atomic mass is 32.2. The van der Waals surface area contributed by atoms with Crippen LogP contribution in [0.4, 0.5) is 0 Å². The van der Waals surface area contributed by atoms with Crippen molar-refractivity contribution in [1.82, 2.24) is 0 Å². The maximum Gasteiger partial charge on any atom is 0.154 e. The molecular formula is C11H16O4S. The zero-order valence-corrected chi connectivity index (χ0v) is 10.0. The first-order valence-corrected chi connectivity index (χ1v) is 6.84. The summed E-state index contributed by atoms with van der Waals surface area (Å²) in [6.07, 6.45) is 0.290. The van der Waals surface area contributed by atoms with E-state index in [1.54, 1.807) is 31.4 Å². The molecule has 0 saturated heterocycles. The predicted octanol–water partition coefficient (Wildman–Crippen LogP) is 0.992. The number of rotatable bonds is 6. The molecule has 1 aromatic rings. The van der Waals surface area contributed by atoms with Crippen molar-refractivity contribution in [3.8, 4) is 5.75 Å². The predicted molar refractivity (Wildman–Crippen MR) is 62.2 cm³/mol. The number of aliphatic hydroxyl groups excluding tert-OH is 1. The maximum absolute atomic E-state index is 11.6. The van der Waals surface area contributed by atoms with Crippen LogP contribution in [-0.2, 0) is 15.6 Å². The number of hydrogen-bond donors (Lipinski definition) is 1. The van der Waals surface area contributed by atoms with E-state index in [1.165, 1.54) is 0 Å². The number of ether oxygens (including phenoxy) is 1. The zero-order chi connectivity index (χ0) is 12.0. The largest absolute Gasteiger partial charge is 0.497 e. The van der Waals surface area contributed by atoms with Gasteiger partial charge < -0.3 is 9.84 Å². The highest BCUT2D eigenvalue weighted by Crippen LogP contribution is 2.14. The lowest BCUT2D eigenvalue weighted by Gasteiger charge is -2.04. The first-order valence-electron chi connectivity index (χ1n) is 5.01. The molecule has 0 unspecified atom stereocenters. The molecule has 90 valence electrons. The van der Waals surface area contributed by atoms with Gasteiger partial charge in [0.1, 0.15) is 5.75 Å². The summed E-state index contributed by atoms with van der Waals surface area (Å²) in [4.78, 5) is 0. The summed E-state index contributed by atoms with van der Waals surface area (Å²) in [5.41, 5.74) is 0.735. The molecule has 0 aromatic heterocycles. The van der Waals surface area contributed by atoms with E-state index in [-0.39, 0.29) is 18.1 Å². The minimum absolute atomic E-state index is 0.0109. The van der Waals surface area contributed by atoms with Crippen LogP contribution < -0.4 is 4.74 Å². The van der Waals surface area contributed by atoms with E-state index >= 15 is 0 Å². The fourth-order valence-corrected chi connectivity index (χ4v) is 2.75. The molecule has 1 rings (SSSR count). The lowest BCUT2D eigenvalue weighted by atomic mass is 10.2. The van der Waals surface area contributed by atoms with Crippen molar-refractivity contribution in [2.24, 2.45) is 0 Å². The summed E-state index contributed by atoms with van der Waals surface area (Å²) in [7, 11) is -1.55. The van der Waals surface area contributed by atoms with E-state index in [2.05, 4.69) is 0 Å². The number of sulfone groups is 1. The number of aliphatic hydroxyl groups is 1. The molecule has 0 radical (unpaired) electrons. The Morgan fingerprint density at radius 2 is 1.88 bits per heavy atom. The van der Waals surface area contributed by atoms with E-state index in [0.29, 0.717) is 12.2 Å². The van der Waals surface area contributed by atoms with Crippen molar-refractivity contribution >= 4 is 9.84 Å². The summed E-state index contributed by atoms with van der Waals surface area (Å²) in [5, 5.41) is 8.58. The van der Waals surface area contributed by atoms with Gasteiger partial charge in [0.15, 0.2) is 9.84 Å². The molecule has 0 atom stereocenters. The standard InChI is InChI=1S/C11H16O4S/c1-15-11-5-3-10(4-6-11)9-16(13,14)8-2-7-12/h3-6,12H,2,7-9H2,1H3. The van der Waals surface area contributed by atoms with Crippen LogP contribution >= 0.6 is 0 Å². The molecular weight excluding hydrogens is 228 g/mol. The molecule has 0 bridgehead atoms.